The molecule has 0 aliphatic carbocycles. The molecule has 3 rings (SSSR count). The molecule has 0 spiro atoms. The van der Waals surface area contributed by atoms with Crippen molar-refractivity contribution >= 4 is 11.3 Å². The number of benzene rings is 1. The molecule has 0 N–H and O–H groups in total. The first-order chi connectivity index (χ1) is 11.5. The number of aryl methyl sites for hydroxylation is 1. The van der Waals surface area contributed by atoms with Gasteiger partial charge in [0.05, 0.1) is 17.9 Å². The number of hydrogen-bond acceptors (Lipinski definition) is 5. The summed E-state index contributed by atoms with van der Waals surface area (Å²) in [5.41, 5.74) is 2.41. The van der Waals surface area contributed by atoms with Gasteiger partial charge in [0.25, 0.3) is 5.56 Å². The van der Waals surface area contributed by atoms with Gasteiger partial charge in [0.1, 0.15) is 22.5 Å². The maximum atomic E-state index is 13.0. The molecule has 0 radical (unpaired) electrons. The lowest BCUT2D eigenvalue weighted by molar-refractivity contribution is 0.615. The molecule has 0 fully saturated rings. The molecule has 0 unspecified atom stereocenters. The molecular formula is C17H13FN4OS. The Labute approximate surface area is 141 Å². The SMILES string of the molecule is Cc1nn(Cc2csc(-c3ccc(F)cc3)n2)c(=O)c(C#N)c1C. The van der Waals surface area contributed by atoms with Crippen LogP contribution in [0, 0.1) is 31.0 Å². The molecule has 120 valence electrons. The van der Waals surface area contributed by atoms with Gasteiger partial charge >= 0.3 is 0 Å². The number of nitrogens with zero attached hydrogens (tertiary/aromatic N) is 4. The van der Waals surface area contributed by atoms with Crippen LogP contribution in [0.15, 0.2) is 34.4 Å². The van der Waals surface area contributed by atoms with Crippen LogP contribution in [-0.2, 0) is 6.54 Å². The second-order valence-electron chi connectivity index (χ2n) is 5.31. The van der Waals surface area contributed by atoms with E-state index in [0.717, 1.165) is 10.6 Å². The van der Waals surface area contributed by atoms with Crippen LogP contribution in [0.4, 0.5) is 4.39 Å². The molecule has 0 bridgehead atoms. The molecule has 0 saturated heterocycles. The Morgan fingerprint density at radius 2 is 2.00 bits per heavy atom. The summed E-state index contributed by atoms with van der Waals surface area (Å²) in [6, 6.07) is 8.02. The summed E-state index contributed by atoms with van der Waals surface area (Å²) in [5.74, 6) is -0.301. The van der Waals surface area contributed by atoms with Crippen molar-refractivity contribution in [3.63, 3.8) is 0 Å². The van der Waals surface area contributed by atoms with Crippen LogP contribution in [0.2, 0.25) is 0 Å². The third-order valence-electron chi connectivity index (χ3n) is 3.70. The molecule has 2 heterocycles. The predicted octanol–water partition coefficient (Wildman–Crippen LogP) is 3.04. The van der Waals surface area contributed by atoms with Gasteiger partial charge in [-0.3, -0.25) is 4.79 Å². The van der Waals surface area contributed by atoms with Crippen molar-refractivity contribution < 1.29 is 4.39 Å². The normalized spacial score (nSPS) is 10.6. The van der Waals surface area contributed by atoms with Crippen LogP contribution >= 0.6 is 11.3 Å². The van der Waals surface area contributed by atoms with Gasteiger partial charge in [-0.2, -0.15) is 10.4 Å². The van der Waals surface area contributed by atoms with Crippen molar-refractivity contribution in [2.75, 3.05) is 0 Å². The standard InChI is InChI=1S/C17H13FN4OS/c1-10-11(2)21-22(17(23)15(10)7-19)8-14-9-24-16(20-14)12-3-5-13(18)6-4-12/h3-6,9H,8H2,1-2H3. The monoisotopic (exact) mass is 340 g/mol. The van der Waals surface area contributed by atoms with E-state index in [0.29, 0.717) is 17.0 Å². The first-order valence-electron chi connectivity index (χ1n) is 7.18. The quantitative estimate of drug-likeness (QED) is 0.735. The molecule has 5 nitrogen and oxygen atoms in total. The number of thiazole rings is 1. The van der Waals surface area contributed by atoms with Crippen LogP contribution < -0.4 is 5.56 Å². The molecule has 0 aliphatic rings. The number of halogens is 1. The number of aromatic nitrogens is 3. The minimum atomic E-state index is -0.420. The Hall–Kier alpha value is -2.85. The first-order valence-corrected chi connectivity index (χ1v) is 8.06. The topological polar surface area (TPSA) is 71.6 Å². The minimum Gasteiger partial charge on any atom is -0.266 e. The van der Waals surface area contributed by atoms with Crippen molar-refractivity contribution in [1.29, 1.82) is 5.26 Å². The third-order valence-corrected chi connectivity index (χ3v) is 4.64. The molecule has 0 aliphatic heterocycles. The lowest BCUT2D eigenvalue weighted by Crippen LogP contribution is -2.28. The van der Waals surface area contributed by atoms with Crippen molar-refractivity contribution in [3.8, 4) is 16.6 Å². The zero-order chi connectivity index (χ0) is 17.3. The Morgan fingerprint density at radius 3 is 2.67 bits per heavy atom. The Bertz CT molecular complexity index is 999. The van der Waals surface area contributed by atoms with Gasteiger partial charge in [-0.1, -0.05) is 0 Å². The van der Waals surface area contributed by atoms with Crippen LogP contribution in [0.1, 0.15) is 22.5 Å². The number of hydrogen-bond donors (Lipinski definition) is 0. The van der Waals surface area contributed by atoms with Crippen LogP contribution in [0.5, 0.6) is 0 Å². The molecule has 7 heteroatoms. The number of rotatable bonds is 3. The van der Waals surface area contributed by atoms with Gasteiger partial charge in [-0.25, -0.2) is 14.1 Å². The fraction of sp³-hybridized carbons (Fsp3) is 0.176. The zero-order valence-corrected chi connectivity index (χ0v) is 13.9. The molecule has 24 heavy (non-hydrogen) atoms. The van der Waals surface area contributed by atoms with E-state index in [1.807, 2.05) is 11.4 Å². The van der Waals surface area contributed by atoms with E-state index < -0.39 is 5.56 Å². The summed E-state index contributed by atoms with van der Waals surface area (Å²) in [6.07, 6.45) is 0. The van der Waals surface area contributed by atoms with Crippen molar-refractivity contribution in [3.05, 3.63) is 68.3 Å². The largest absolute Gasteiger partial charge is 0.285 e. The summed E-state index contributed by atoms with van der Waals surface area (Å²) in [7, 11) is 0. The Morgan fingerprint density at radius 1 is 1.29 bits per heavy atom. The lowest BCUT2D eigenvalue weighted by Gasteiger charge is -2.07. The summed E-state index contributed by atoms with van der Waals surface area (Å²) in [6.45, 7) is 3.66. The summed E-state index contributed by atoms with van der Waals surface area (Å²) >= 11 is 1.41. The highest BCUT2D eigenvalue weighted by molar-refractivity contribution is 7.13. The van der Waals surface area contributed by atoms with Crippen molar-refractivity contribution in [1.82, 2.24) is 14.8 Å². The summed E-state index contributed by atoms with van der Waals surface area (Å²) in [5, 5.41) is 16.0. The van der Waals surface area contributed by atoms with E-state index in [4.69, 9.17) is 5.26 Å². The average Bonchev–Trinajstić information content (AvgIpc) is 3.02. The number of nitriles is 1. The average molecular weight is 340 g/mol. The maximum Gasteiger partial charge on any atom is 0.285 e. The van der Waals surface area contributed by atoms with Gasteiger partial charge in [-0.15, -0.1) is 11.3 Å². The predicted molar refractivity (Wildman–Crippen MR) is 89.3 cm³/mol. The molecule has 0 amide bonds. The van der Waals surface area contributed by atoms with E-state index in [2.05, 4.69) is 10.1 Å². The first kappa shape index (κ1) is 16.0. The van der Waals surface area contributed by atoms with Crippen LogP contribution in [0.25, 0.3) is 10.6 Å². The van der Waals surface area contributed by atoms with Crippen molar-refractivity contribution in [2.24, 2.45) is 0 Å². The summed E-state index contributed by atoms with van der Waals surface area (Å²) < 4.78 is 14.2. The van der Waals surface area contributed by atoms with Crippen molar-refractivity contribution in [2.45, 2.75) is 20.4 Å². The van der Waals surface area contributed by atoms with E-state index in [9.17, 15) is 9.18 Å². The van der Waals surface area contributed by atoms with Crippen LogP contribution in [0.3, 0.4) is 0 Å². The Kier molecular flexibility index (Phi) is 4.23. The summed E-state index contributed by atoms with van der Waals surface area (Å²) in [4.78, 5) is 16.8. The Balaban J connectivity index is 1.94. The second kappa shape index (κ2) is 6.34. The lowest BCUT2D eigenvalue weighted by atomic mass is 10.1. The maximum absolute atomic E-state index is 13.0. The van der Waals surface area contributed by atoms with Gasteiger partial charge in [0.15, 0.2) is 0 Å². The van der Waals surface area contributed by atoms with E-state index in [-0.39, 0.29) is 17.9 Å². The van der Waals surface area contributed by atoms with E-state index in [1.165, 1.54) is 28.2 Å². The van der Waals surface area contributed by atoms with Gasteiger partial charge < -0.3 is 0 Å². The van der Waals surface area contributed by atoms with Gasteiger partial charge in [0.2, 0.25) is 0 Å². The fourth-order valence-electron chi connectivity index (χ4n) is 2.27. The minimum absolute atomic E-state index is 0.108. The smallest absolute Gasteiger partial charge is 0.266 e. The van der Waals surface area contributed by atoms with E-state index in [1.54, 1.807) is 26.0 Å². The molecular weight excluding hydrogens is 327 g/mol. The van der Waals surface area contributed by atoms with Crippen LogP contribution in [-0.4, -0.2) is 14.8 Å². The third kappa shape index (κ3) is 2.96. The highest BCUT2D eigenvalue weighted by Crippen LogP contribution is 2.24. The highest BCUT2D eigenvalue weighted by atomic mass is 32.1. The zero-order valence-electron chi connectivity index (χ0n) is 13.1. The fourth-order valence-corrected chi connectivity index (χ4v) is 3.09. The molecule has 3 aromatic rings. The highest BCUT2D eigenvalue weighted by Gasteiger charge is 2.13. The second-order valence-corrected chi connectivity index (χ2v) is 6.17. The molecule has 2 aromatic heterocycles. The molecule has 1 aromatic carbocycles. The van der Waals surface area contributed by atoms with Gasteiger partial charge in [0, 0.05) is 10.9 Å². The molecule has 0 saturated carbocycles. The van der Waals surface area contributed by atoms with Gasteiger partial charge in [-0.05, 0) is 43.7 Å². The molecule has 0 atom stereocenters. The van der Waals surface area contributed by atoms with E-state index >= 15 is 0 Å².